The molecule has 0 spiro atoms. The standard InChI is InChI=1S/C73H40F3N7/c1-44-28-57(33-58(29-44)73(74,75)76)56-21-27-67(82-68-23-17-52(48-10-4-8-45(30-48)41-77)36-63(68)64-38-54(19-24-69(64)82)50-12-6-14-59(34-50)80-2)62(40-56)61-22-16-47(43-79)32-72(61)83-70-25-18-53(49-11-5-9-46(31-49)42-78)37-65(70)66-39-55(20-26-71(66)83)51-13-7-15-60(35-51)81-3/h4-40H,1H3. The van der Waals surface area contributed by atoms with Crippen LogP contribution in [0.25, 0.3) is 131 Å². The third kappa shape index (κ3) is 9.04. The van der Waals surface area contributed by atoms with E-state index < -0.39 is 11.7 Å². The maximum Gasteiger partial charge on any atom is 0.416 e. The molecule has 0 saturated heterocycles. The first kappa shape index (κ1) is 50.7. The van der Waals surface area contributed by atoms with Crippen molar-refractivity contribution in [1.82, 2.24) is 9.13 Å². The molecule has 0 atom stereocenters. The van der Waals surface area contributed by atoms with Gasteiger partial charge in [-0.3, -0.25) is 0 Å². The number of benzene rings is 11. The lowest BCUT2D eigenvalue weighted by Crippen LogP contribution is -2.05. The second-order valence-corrected chi connectivity index (χ2v) is 20.5. The molecule has 13 rings (SSSR count). The number of halogens is 3. The molecule has 0 amide bonds. The topological polar surface area (TPSA) is 90.0 Å². The van der Waals surface area contributed by atoms with Gasteiger partial charge in [0.1, 0.15) is 0 Å². The summed E-state index contributed by atoms with van der Waals surface area (Å²) in [4.78, 5) is 7.41. The van der Waals surface area contributed by atoms with Crippen molar-refractivity contribution in [2.24, 2.45) is 0 Å². The van der Waals surface area contributed by atoms with E-state index in [0.29, 0.717) is 67.3 Å². The van der Waals surface area contributed by atoms with Crippen molar-refractivity contribution in [2.45, 2.75) is 13.1 Å². The zero-order chi connectivity index (χ0) is 57.1. The second-order valence-electron chi connectivity index (χ2n) is 20.5. The number of nitrogens with zero attached hydrogens (tertiary/aromatic N) is 7. The highest BCUT2D eigenvalue weighted by Crippen LogP contribution is 2.46. The molecular weight excluding hydrogens is 1030 g/mol. The molecular formula is C73H40F3N7. The fourth-order valence-electron chi connectivity index (χ4n) is 11.6. The van der Waals surface area contributed by atoms with E-state index in [1.165, 1.54) is 6.07 Å². The molecule has 7 nitrogen and oxygen atoms in total. The Morgan fingerprint density at radius 1 is 0.361 bits per heavy atom. The normalized spacial score (nSPS) is 11.3. The summed E-state index contributed by atoms with van der Waals surface area (Å²) in [5.74, 6) is 0. The van der Waals surface area contributed by atoms with Crippen LogP contribution in [0.3, 0.4) is 0 Å². The Hall–Kier alpha value is -11.7. The summed E-state index contributed by atoms with van der Waals surface area (Å²) in [6.45, 7) is 17.2. The molecule has 13 aromatic rings. The molecule has 0 N–H and O–H groups in total. The van der Waals surface area contributed by atoms with Gasteiger partial charge in [-0.05, 0) is 189 Å². The molecule has 83 heavy (non-hydrogen) atoms. The van der Waals surface area contributed by atoms with Crippen molar-refractivity contribution >= 4 is 55.0 Å². The summed E-state index contributed by atoms with van der Waals surface area (Å²) in [6, 6.07) is 76.8. The monoisotopic (exact) mass is 1070 g/mol. The van der Waals surface area contributed by atoms with Gasteiger partial charge in [0.15, 0.2) is 11.4 Å². The lowest BCUT2D eigenvalue weighted by Gasteiger charge is -2.20. The Balaban J connectivity index is 1.12. The molecule has 0 bridgehead atoms. The van der Waals surface area contributed by atoms with Gasteiger partial charge < -0.3 is 9.13 Å². The van der Waals surface area contributed by atoms with Gasteiger partial charge in [0.2, 0.25) is 0 Å². The molecule has 11 aromatic carbocycles. The first-order valence-electron chi connectivity index (χ1n) is 26.4. The highest BCUT2D eigenvalue weighted by atomic mass is 19.4. The van der Waals surface area contributed by atoms with Crippen LogP contribution in [0.15, 0.2) is 224 Å². The third-order valence-corrected chi connectivity index (χ3v) is 15.4. The maximum absolute atomic E-state index is 14.7. The number of aromatic nitrogens is 2. The van der Waals surface area contributed by atoms with Gasteiger partial charge in [0, 0.05) is 32.7 Å². The number of rotatable bonds is 8. The molecule has 0 aliphatic heterocycles. The van der Waals surface area contributed by atoms with Crippen LogP contribution in [0.2, 0.25) is 0 Å². The molecule has 0 saturated carbocycles. The number of fused-ring (bicyclic) bond motifs is 6. The average Bonchev–Trinajstić information content (AvgIpc) is 4.28. The number of hydrogen-bond donors (Lipinski definition) is 0. The van der Waals surface area contributed by atoms with Gasteiger partial charge in [-0.2, -0.15) is 29.0 Å². The van der Waals surface area contributed by atoms with Crippen LogP contribution in [-0.2, 0) is 6.18 Å². The van der Waals surface area contributed by atoms with Crippen LogP contribution in [0.4, 0.5) is 24.5 Å². The summed E-state index contributed by atoms with van der Waals surface area (Å²) in [5, 5.41) is 34.1. The molecule has 0 aliphatic carbocycles. The summed E-state index contributed by atoms with van der Waals surface area (Å²) >= 11 is 0. The van der Waals surface area contributed by atoms with E-state index >= 15 is 0 Å². The van der Waals surface area contributed by atoms with E-state index in [0.717, 1.165) is 94.2 Å². The van der Waals surface area contributed by atoms with Crippen molar-refractivity contribution < 1.29 is 13.2 Å². The fourth-order valence-corrected chi connectivity index (χ4v) is 11.6. The first-order chi connectivity index (χ1) is 40.4. The minimum Gasteiger partial charge on any atom is -0.309 e. The van der Waals surface area contributed by atoms with E-state index in [2.05, 4.69) is 73.4 Å². The van der Waals surface area contributed by atoms with E-state index in [9.17, 15) is 29.0 Å². The molecule has 0 radical (unpaired) electrons. The summed E-state index contributed by atoms with van der Waals surface area (Å²) in [6.07, 6.45) is -4.60. The lowest BCUT2D eigenvalue weighted by molar-refractivity contribution is -0.137. The van der Waals surface area contributed by atoms with Crippen LogP contribution >= 0.6 is 0 Å². The summed E-state index contributed by atoms with van der Waals surface area (Å²) in [7, 11) is 0. The Morgan fingerprint density at radius 3 is 1.20 bits per heavy atom. The SMILES string of the molecule is [C-]#[N+]c1cccc(-c2ccc3c(c2)c2cc(-c4cccc(C#N)c4)ccc2n3-c2ccc(-c3cc(C)cc(C(F)(F)F)c3)cc2-c2ccc(C#N)cc2-n2c3ccc(-c4cccc(C#N)c4)cc3c3cc(-c4cccc([N+]#[C-])c4)ccc32)c1. The summed E-state index contributed by atoms with van der Waals surface area (Å²) in [5.41, 5.74) is 15.9. The molecule has 0 aliphatic rings. The molecule has 0 unspecified atom stereocenters. The van der Waals surface area contributed by atoms with Gasteiger partial charge in [0.25, 0.3) is 0 Å². The van der Waals surface area contributed by atoms with E-state index in [-0.39, 0.29) is 0 Å². The van der Waals surface area contributed by atoms with Gasteiger partial charge in [-0.1, -0.05) is 103 Å². The van der Waals surface area contributed by atoms with Crippen molar-refractivity contribution in [2.75, 3.05) is 0 Å². The Morgan fingerprint density at radius 2 is 0.759 bits per heavy atom. The maximum atomic E-state index is 14.7. The number of alkyl halides is 3. The van der Waals surface area contributed by atoms with E-state index in [1.807, 2.05) is 140 Å². The van der Waals surface area contributed by atoms with Crippen LogP contribution in [0.1, 0.15) is 27.8 Å². The van der Waals surface area contributed by atoms with Crippen molar-refractivity contribution in [1.29, 1.82) is 15.8 Å². The lowest BCUT2D eigenvalue weighted by atomic mass is 9.93. The Labute approximate surface area is 475 Å². The summed E-state index contributed by atoms with van der Waals surface area (Å²) < 4.78 is 48.3. The van der Waals surface area contributed by atoms with Crippen LogP contribution < -0.4 is 0 Å². The highest BCUT2D eigenvalue weighted by molar-refractivity contribution is 6.14. The first-order valence-corrected chi connectivity index (χ1v) is 26.4. The number of aryl methyl sites for hydroxylation is 1. The minimum atomic E-state index is -4.60. The fraction of sp³-hybridized carbons (Fsp3) is 0.0274. The van der Waals surface area contributed by atoms with Gasteiger partial charge >= 0.3 is 6.18 Å². The zero-order valence-electron chi connectivity index (χ0n) is 44.1. The molecule has 10 heteroatoms. The molecule has 2 heterocycles. The average molecular weight is 1070 g/mol. The van der Waals surface area contributed by atoms with Crippen LogP contribution in [0.5, 0.6) is 0 Å². The van der Waals surface area contributed by atoms with Crippen LogP contribution in [0, 0.1) is 54.1 Å². The molecule has 2 aromatic heterocycles. The Kier molecular flexibility index (Phi) is 12.3. The molecule has 388 valence electrons. The number of nitriles is 3. The van der Waals surface area contributed by atoms with Gasteiger partial charge in [0.05, 0.1) is 87.0 Å². The van der Waals surface area contributed by atoms with Crippen molar-refractivity contribution in [3.05, 3.63) is 275 Å². The molecule has 0 fully saturated rings. The second kappa shape index (κ2) is 20.2. The predicted molar refractivity (Wildman–Crippen MR) is 324 cm³/mol. The largest absolute Gasteiger partial charge is 0.416 e. The van der Waals surface area contributed by atoms with Crippen molar-refractivity contribution in [3.8, 4) is 96.3 Å². The number of hydrogen-bond acceptors (Lipinski definition) is 3. The quantitative estimate of drug-likeness (QED) is 0.142. The predicted octanol–water partition coefficient (Wildman–Crippen LogP) is 19.9. The van der Waals surface area contributed by atoms with Crippen molar-refractivity contribution in [3.63, 3.8) is 0 Å². The smallest absolute Gasteiger partial charge is 0.309 e. The van der Waals surface area contributed by atoms with Gasteiger partial charge in [-0.25, -0.2) is 9.69 Å². The Bertz CT molecular complexity index is 4890. The third-order valence-electron chi connectivity index (χ3n) is 15.4. The van der Waals surface area contributed by atoms with Gasteiger partial charge in [-0.15, -0.1) is 0 Å². The highest BCUT2D eigenvalue weighted by Gasteiger charge is 2.31. The minimum absolute atomic E-state index is 0.373. The van der Waals surface area contributed by atoms with Crippen LogP contribution in [-0.4, -0.2) is 9.13 Å². The van der Waals surface area contributed by atoms with E-state index in [4.69, 9.17) is 13.1 Å². The van der Waals surface area contributed by atoms with E-state index in [1.54, 1.807) is 43.3 Å². The zero-order valence-corrected chi connectivity index (χ0v) is 44.1.